The van der Waals surface area contributed by atoms with Gasteiger partial charge in [0.05, 0.1) is 19.8 Å². The van der Waals surface area contributed by atoms with Crippen LogP contribution in [0.3, 0.4) is 0 Å². The van der Waals surface area contributed by atoms with Gasteiger partial charge in [0.1, 0.15) is 5.82 Å². The van der Waals surface area contributed by atoms with Crippen LogP contribution in [0.2, 0.25) is 0 Å². The van der Waals surface area contributed by atoms with Crippen molar-refractivity contribution in [2.45, 2.75) is 19.5 Å². The Bertz CT molecular complexity index is 428. The fourth-order valence-corrected chi connectivity index (χ4v) is 2.46. The summed E-state index contributed by atoms with van der Waals surface area (Å²) in [5.74, 6) is -0.196. The van der Waals surface area contributed by atoms with Crippen LogP contribution in [0.4, 0.5) is 10.1 Å². The zero-order chi connectivity index (χ0) is 14.4. The van der Waals surface area contributed by atoms with E-state index in [9.17, 15) is 4.39 Å². The molecule has 1 saturated heterocycles. The number of nitrogens with zero attached hydrogens (tertiary/aromatic N) is 1. The van der Waals surface area contributed by atoms with Gasteiger partial charge in [0, 0.05) is 38.5 Å². The monoisotopic (exact) mass is 282 g/mol. The molecule has 1 fully saturated rings. The third kappa shape index (κ3) is 3.91. The maximum Gasteiger partial charge on any atom is 0.123 e. The van der Waals surface area contributed by atoms with E-state index in [4.69, 9.17) is 9.47 Å². The van der Waals surface area contributed by atoms with Gasteiger partial charge in [-0.2, -0.15) is 0 Å². The lowest BCUT2D eigenvalue weighted by atomic mass is 10.1. The molecule has 0 spiro atoms. The molecule has 0 aromatic heterocycles. The van der Waals surface area contributed by atoms with E-state index in [0.717, 1.165) is 30.9 Å². The maximum absolute atomic E-state index is 13.5. The number of hydrogen-bond acceptors (Lipinski definition) is 4. The molecule has 1 unspecified atom stereocenters. The Kier molecular flexibility index (Phi) is 5.76. The van der Waals surface area contributed by atoms with Crippen molar-refractivity contribution in [1.82, 2.24) is 5.32 Å². The first-order chi connectivity index (χ1) is 9.72. The average Bonchev–Trinajstić information content (AvgIpc) is 2.45. The van der Waals surface area contributed by atoms with E-state index in [0.29, 0.717) is 25.8 Å². The van der Waals surface area contributed by atoms with Gasteiger partial charge in [-0.15, -0.1) is 0 Å². The van der Waals surface area contributed by atoms with Crippen LogP contribution in [-0.4, -0.2) is 46.1 Å². The van der Waals surface area contributed by atoms with Crippen LogP contribution in [0.15, 0.2) is 18.2 Å². The molecule has 0 amide bonds. The summed E-state index contributed by atoms with van der Waals surface area (Å²) in [5.41, 5.74) is 2.07. The molecule has 1 aliphatic rings. The molecule has 0 radical (unpaired) electrons. The topological polar surface area (TPSA) is 33.7 Å². The number of rotatable bonds is 6. The summed E-state index contributed by atoms with van der Waals surface area (Å²) in [6.07, 6.45) is 0. The van der Waals surface area contributed by atoms with Gasteiger partial charge < -0.3 is 19.7 Å². The second-order valence-corrected chi connectivity index (χ2v) is 5.06. The Balaban J connectivity index is 2.10. The van der Waals surface area contributed by atoms with E-state index < -0.39 is 0 Å². The first-order valence-electron chi connectivity index (χ1n) is 7.05. The Morgan fingerprint density at radius 1 is 1.50 bits per heavy atom. The normalized spacial score (nSPS) is 19.4. The highest BCUT2D eigenvalue weighted by atomic mass is 19.1. The van der Waals surface area contributed by atoms with Gasteiger partial charge in [-0.3, -0.25) is 0 Å². The lowest BCUT2D eigenvalue weighted by Crippen LogP contribution is -2.44. The van der Waals surface area contributed by atoms with Gasteiger partial charge in [-0.25, -0.2) is 4.39 Å². The molecular weight excluding hydrogens is 259 g/mol. The zero-order valence-corrected chi connectivity index (χ0v) is 12.2. The molecule has 0 aliphatic carbocycles. The molecule has 1 aliphatic heterocycles. The number of methoxy groups -OCH3 is 1. The molecular formula is C15H23FN2O2. The fraction of sp³-hybridized carbons (Fsp3) is 0.600. The van der Waals surface area contributed by atoms with Gasteiger partial charge in [-0.1, -0.05) is 0 Å². The predicted octanol–water partition coefficient (Wildman–Crippen LogP) is 1.79. The van der Waals surface area contributed by atoms with Crippen molar-refractivity contribution in [2.75, 3.05) is 44.9 Å². The van der Waals surface area contributed by atoms with Gasteiger partial charge in [0.2, 0.25) is 0 Å². The van der Waals surface area contributed by atoms with Gasteiger partial charge >= 0.3 is 0 Å². The molecule has 2 rings (SSSR count). The van der Waals surface area contributed by atoms with Gasteiger partial charge in [0.15, 0.2) is 0 Å². The molecule has 1 aromatic rings. The highest BCUT2D eigenvalue weighted by molar-refractivity contribution is 5.55. The number of anilines is 1. The number of benzene rings is 1. The van der Waals surface area contributed by atoms with Crippen LogP contribution in [0.25, 0.3) is 0 Å². The number of hydrogen-bond donors (Lipinski definition) is 1. The van der Waals surface area contributed by atoms with Crippen molar-refractivity contribution in [3.8, 4) is 0 Å². The third-order valence-electron chi connectivity index (χ3n) is 3.52. The Morgan fingerprint density at radius 3 is 3.10 bits per heavy atom. The van der Waals surface area contributed by atoms with Gasteiger partial charge in [0.25, 0.3) is 0 Å². The number of morpholine rings is 1. The Labute approximate surface area is 119 Å². The summed E-state index contributed by atoms with van der Waals surface area (Å²) >= 11 is 0. The van der Waals surface area contributed by atoms with E-state index in [1.54, 1.807) is 13.2 Å². The van der Waals surface area contributed by atoms with Crippen LogP contribution >= 0.6 is 0 Å². The summed E-state index contributed by atoms with van der Waals surface area (Å²) in [7, 11) is 1.67. The molecule has 20 heavy (non-hydrogen) atoms. The highest BCUT2D eigenvalue weighted by Crippen LogP contribution is 2.25. The van der Waals surface area contributed by atoms with Crippen molar-refractivity contribution >= 4 is 5.69 Å². The molecule has 1 aromatic carbocycles. The van der Waals surface area contributed by atoms with Crippen LogP contribution in [0, 0.1) is 5.82 Å². The van der Waals surface area contributed by atoms with E-state index in [-0.39, 0.29) is 5.82 Å². The van der Waals surface area contributed by atoms with Crippen molar-refractivity contribution < 1.29 is 13.9 Å². The largest absolute Gasteiger partial charge is 0.383 e. The molecule has 5 heteroatoms. The summed E-state index contributed by atoms with van der Waals surface area (Å²) in [4.78, 5) is 2.29. The minimum Gasteiger partial charge on any atom is -0.383 e. The smallest absolute Gasteiger partial charge is 0.123 e. The maximum atomic E-state index is 13.5. The summed E-state index contributed by atoms with van der Waals surface area (Å²) < 4.78 is 24.0. The van der Waals surface area contributed by atoms with Crippen LogP contribution < -0.4 is 10.2 Å². The second kappa shape index (κ2) is 7.57. The van der Waals surface area contributed by atoms with Crippen LogP contribution in [0.5, 0.6) is 0 Å². The van der Waals surface area contributed by atoms with Crippen molar-refractivity contribution in [3.63, 3.8) is 0 Å². The summed E-state index contributed by atoms with van der Waals surface area (Å²) in [6, 6.07) is 5.31. The second-order valence-electron chi connectivity index (χ2n) is 5.06. The third-order valence-corrected chi connectivity index (χ3v) is 3.52. The molecule has 0 bridgehead atoms. The molecule has 1 atom stereocenters. The van der Waals surface area contributed by atoms with Crippen molar-refractivity contribution in [2.24, 2.45) is 0 Å². The molecule has 4 nitrogen and oxygen atoms in total. The van der Waals surface area contributed by atoms with E-state index in [1.165, 1.54) is 6.07 Å². The lowest BCUT2D eigenvalue weighted by Gasteiger charge is -2.36. The standard InChI is InChI=1S/C15H23FN2O2/c1-12-11-20-8-6-18(12)15-4-3-14(16)9-13(15)10-17-5-7-19-2/h3-4,9,12,17H,5-8,10-11H2,1-2H3. The predicted molar refractivity (Wildman–Crippen MR) is 77.6 cm³/mol. The average molecular weight is 282 g/mol. The SMILES string of the molecule is COCCNCc1cc(F)ccc1N1CCOCC1C. The molecule has 1 N–H and O–H groups in total. The van der Waals surface area contributed by atoms with E-state index in [2.05, 4.69) is 17.1 Å². The van der Waals surface area contributed by atoms with Crippen LogP contribution in [0.1, 0.15) is 12.5 Å². The van der Waals surface area contributed by atoms with Gasteiger partial charge in [-0.05, 0) is 30.7 Å². The first kappa shape index (κ1) is 15.2. The molecule has 1 heterocycles. The fourth-order valence-electron chi connectivity index (χ4n) is 2.46. The number of nitrogens with one attached hydrogen (secondary N) is 1. The van der Waals surface area contributed by atoms with Crippen molar-refractivity contribution in [1.29, 1.82) is 0 Å². The Morgan fingerprint density at radius 2 is 2.35 bits per heavy atom. The quantitative estimate of drug-likeness (QED) is 0.807. The van der Waals surface area contributed by atoms with Crippen LogP contribution in [-0.2, 0) is 16.0 Å². The molecule has 0 saturated carbocycles. The lowest BCUT2D eigenvalue weighted by molar-refractivity contribution is 0.0988. The highest BCUT2D eigenvalue weighted by Gasteiger charge is 2.21. The van der Waals surface area contributed by atoms with E-state index >= 15 is 0 Å². The molecule has 112 valence electrons. The zero-order valence-electron chi connectivity index (χ0n) is 12.2. The summed E-state index contributed by atoms with van der Waals surface area (Å²) in [6.45, 7) is 6.46. The minimum atomic E-state index is -0.196. The number of ether oxygens (including phenoxy) is 2. The van der Waals surface area contributed by atoms with Crippen molar-refractivity contribution in [3.05, 3.63) is 29.6 Å². The first-order valence-corrected chi connectivity index (χ1v) is 7.05. The minimum absolute atomic E-state index is 0.196. The number of halogens is 1. The van der Waals surface area contributed by atoms with E-state index in [1.807, 2.05) is 6.07 Å². The summed E-state index contributed by atoms with van der Waals surface area (Å²) in [5, 5.41) is 3.27. The Hall–Kier alpha value is -1.17.